The zero-order chi connectivity index (χ0) is 10.5. The van der Waals surface area contributed by atoms with E-state index >= 15 is 0 Å². The fourth-order valence-electron chi connectivity index (χ4n) is 0.534. The molecule has 0 saturated carbocycles. The lowest BCUT2D eigenvalue weighted by atomic mass is 10.2. The van der Waals surface area contributed by atoms with Crippen molar-refractivity contribution < 1.29 is 4.74 Å². The molecule has 2 nitrogen and oxygen atoms in total. The molecule has 13 heavy (non-hydrogen) atoms. The van der Waals surface area contributed by atoms with E-state index in [4.69, 9.17) is 5.26 Å². The van der Waals surface area contributed by atoms with Gasteiger partial charge in [-0.1, -0.05) is 49.7 Å². The van der Waals surface area contributed by atoms with Gasteiger partial charge in [0.05, 0.1) is 7.11 Å². The molecule has 1 aromatic carbocycles. The van der Waals surface area contributed by atoms with Crippen LogP contribution in [0.5, 0.6) is 0 Å². The van der Waals surface area contributed by atoms with Gasteiger partial charge < -0.3 is 4.74 Å². The third kappa shape index (κ3) is 13.5. The van der Waals surface area contributed by atoms with E-state index in [1.54, 1.807) is 0 Å². The predicted molar refractivity (Wildman–Crippen MR) is 55.1 cm³/mol. The van der Waals surface area contributed by atoms with Gasteiger partial charge in [-0.2, -0.15) is 5.26 Å². The van der Waals surface area contributed by atoms with Crippen LogP contribution < -0.4 is 0 Å². The molecule has 0 aliphatic carbocycles. The van der Waals surface area contributed by atoms with E-state index in [0.717, 1.165) is 0 Å². The number of benzene rings is 1. The second kappa shape index (κ2) is 13.1. The Kier molecular flexibility index (Phi) is 14.2. The van der Waals surface area contributed by atoms with E-state index in [0.29, 0.717) is 0 Å². The molecular formula is C11H17NO. The van der Waals surface area contributed by atoms with Crippen molar-refractivity contribution >= 4 is 0 Å². The minimum absolute atomic E-state index is 1.32. The minimum Gasteiger partial charge on any atom is -0.431 e. The first-order valence-electron chi connectivity index (χ1n) is 4.25. The van der Waals surface area contributed by atoms with Crippen LogP contribution in [-0.2, 0) is 4.74 Å². The lowest BCUT2D eigenvalue weighted by molar-refractivity contribution is 0.362. The molecule has 0 N–H and O–H groups in total. The molecule has 0 unspecified atom stereocenters. The molecular weight excluding hydrogens is 162 g/mol. The smallest absolute Gasteiger partial charge is 0.286 e. The Balaban J connectivity index is 0. The molecule has 0 amide bonds. The van der Waals surface area contributed by atoms with Crippen LogP contribution in [0.4, 0.5) is 0 Å². The Morgan fingerprint density at radius 1 is 1.15 bits per heavy atom. The molecule has 0 fully saturated rings. The van der Waals surface area contributed by atoms with Crippen LogP contribution >= 0.6 is 0 Å². The predicted octanol–water partition coefficient (Wildman–Crippen LogP) is 3.14. The standard InChI is InChI=1S/C7H8.C2H3NO.C2H6/c1-7-5-3-2-4-6-7;1-4-2-3;1-2/h2-6H,1H3;1H3;1-2H3. The number of hydrogen-bond acceptors (Lipinski definition) is 2. The topological polar surface area (TPSA) is 33.0 Å². The summed E-state index contributed by atoms with van der Waals surface area (Å²) in [6, 6.07) is 10.3. The first-order valence-corrected chi connectivity index (χ1v) is 4.25. The molecule has 0 spiro atoms. The normalized spacial score (nSPS) is 6.38. The molecule has 0 aliphatic heterocycles. The Bertz CT molecular complexity index is 213. The maximum absolute atomic E-state index is 7.40. The number of ether oxygens (including phenoxy) is 1. The fourth-order valence-corrected chi connectivity index (χ4v) is 0.534. The van der Waals surface area contributed by atoms with Crippen LogP contribution in [0.25, 0.3) is 0 Å². The third-order valence-corrected chi connectivity index (χ3v) is 1.03. The van der Waals surface area contributed by atoms with Crippen LogP contribution in [0.15, 0.2) is 30.3 Å². The lowest BCUT2D eigenvalue weighted by Gasteiger charge is -1.82. The number of rotatable bonds is 0. The third-order valence-electron chi connectivity index (χ3n) is 1.03. The largest absolute Gasteiger partial charge is 0.431 e. The van der Waals surface area contributed by atoms with E-state index in [-0.39, 0.29) is 0 Å². The van der Waals surface area contributed by atoms with Crippen molar-refractivity contribution in [3.05, 3.63) is 35.9 Å². The quantitative estimate of drug-likeness (QED) is 0.573. The summed E-state index contributed by atoms with van der Waals surface area (Å²) in [4.78, 5) is 0. The van der Waals surface area contributed by atoms with Crippen molar-refractivity contribution in [1.82, 2.24) is 0 Å². The van der Waals surface area contributed by atoms with E-state index in [1.165, 1.54) is 18.9 Å². The van der Waals surface area contributed by atoms with Gasteiger partial charge in [-0.3, -0.25) is 0 Å². The first kappa shape index (κ1) is 14.1. The highest BCUT2D eigenvalue weighted by atomic mass is 16.5. The number of aryl methyl sites for hydroxylation is 1. The van der Waals surface area contributed by atoms with Crippen molar-refractivity contribution in [1.29, 1.82) is 5.26 Å². The van der Waals surface area contributed by atoms with E-state index < -0.39 is 0 Å². The van der Waals surface area contributed by atoms with Gasteiger partial charge in [0.1, 0.15) is 0 Å². The maximum Gasteiger partial charge on any atom is 0.286 e. The summed E-state index contributed by atoms with van der Waals surface area (Å²) in [6.07, 6.45) is 1.43. The van der Waals surface area contributed by atoms with Crippen LogP contribution in [-0.4, -0.2) is 7.11 Å². The van der Waals surface area contributed by atoms with Crippen molar-refractivity contribution in [3.8, 4) is 6.26 Å². The number of hydrogen-bond donors (Lipinski definition) is 0. The Morgan fingerprint density at radius 2 is 1.54 bits per heavy atom. The summed E-state index contributed by atoms with van der Waals surface area (Å²) >= 11 is 0. The molecule has 0 radical (unpaired) electrons. The van der Waals surface area contributed by atoms with E-state index in [9.17, 15) is 0 Å². The zero-order valence-corrected chi connectivity index (χ0v) is 8.74. The zero-order valence-electron chi connectivity index (χ0n) is 8.74. The van der Waals surface area contributed by atoms with Crippen LogP contribution in [0.1, 0.15) is 19.4 Å². The molecule has 0 saturated heterocycles. The van der Waals surface area contributed by atoms with Crippen molar-refractivity contribution in [3.63, 3.8) is 0 Å². The summed E-state index contributed by atoms with van der Waals surface area (Å²) in [6.45, 7) is 6.08. The Morgan fingerprint density at radius 3 is 1.69 bits per heavy atom. The van der Waals surface area contributed by atoms with Gasteiger partial charge in [0.15, 0.2) is 0 Å². The van der Waals surface area contributed by atoms with Gasteiger partial charge in [-0.25, -0.2) is 0 Å². The second-order valence-electron chi connectivity index (χ2n) is 1.95. The average molecular weight is 179 g/mol. The number of nitriles is 1. The van der Waals surface area contributed by atoms with Gasteiger partial charge >= 0.3 is 0 Å². The molecule has 0 heterocycles. The summed E-state index contributed by atoms with van der Waals surface area (Å²) in [5.41, 5.74) is 1.32. The molecule has 1 rings (SSSR count). The molecule has 2 heteroatoms. The number of methoxy groups -OCH3 is 1. The summed E-state index contributed by atoms with van der Waals surface area (Å²) in [7, 11) is 1.32. The monoisotopic (exact) mass is 179 g/mol. The highest BCUT2D eigenvalue weighted by molar-refractivity contribution is 5.11. The summed E-state index contributed by atoms with van der Waals surface area (Å²) in [5, 5.41) is 7.40. The fraction of sp³-hybridized carbons (Fsp3) is 0.364. The minimum atomic E-state index is 1.32. The van der Waals surface area contributed by atoms with Crippen LogP contribution in [0.2, 0.25) is 0 Å². The Hall–Kier alpha value is -1.49. The van der Waals surface area contributed by atoms with Crippen molar-refractivity contribution in [2.75, 3.05) is 7.11 Å². The highest BCUT2D eigenvalue weighted by Crippen LogP contribution is 1.92. The molecule has 0 aromatic heterocycles. The molecule has 0 aliphatic rings. The van der Waals surface area contributed by atoms with E-state index in [2.05, 4.69) is 23.8 Å². The number of nitrogens with zero attached hydrogens (tertiary/aromatic N) is 1. The molecule has 72 valence electrons. The van der Waals surface area contributed by atoms with E-state index in [1.807, 2.05) is 32.0 Å². The van der Waals surface area contributed by atoms with Gasteiger partial charge in [-0.05, 0) is 6.92 Å². The van der Waals surface area contributed by atoms with Gasteiger partial charge in [-0.15, -0.1) is 0 Å². The summed E-state index contributed by atoms with van der Waals surface area (Å²) in [5.74, 6) is 0. The van der Waals surface area contributed by atoms with Gasteiger partial charge in [0.25, 0.3) is 6.26 Å². The lowest BCUT2D eigenvalue weighted by Crippen LogP contribution is -1.62. The second-order valence-corrected chi connectivity index (χ2v) is 1.95. The average Bonchev–Trinajstić information content (AvgIpc) is 2.22. The van der Waals surface area contributed by atoms with Gasteiger partial charge in [0.2, 0.25) is 0 Å². The molecule has 0 atom stereocenters. The highest BCUT2D eigenvalue weighted by Gasteiger charge is 1.72. The van der Waals surface area contributed by atoms with Crippen molar-refractivity contribution in [2.24, 2.45) is 0 Å². The molecule has 0 bridgehead atoms. The first-order chi connectivity index (χ1) is 6.31. The van der Waals surface area contributed by atoms with Crippen LogP contribution in [0, 0.1) is 18.4 Å². The summed E-state index contributed by atoms with van der Waals surface area (Å²) < 4.78 is 3.85. The molecule has 1 aromatic rings. The maximum atomic E-state index is 7.40. The van der Waals surface area contributed by atoms with Crippen LogP contribution in [0.3, 0.4) is 0 Å². The van der Waals surface area contributed by atoms with Crippen molar-refractivity contribution in [2.45, 2.75) is 20.8 Å². The Labute approximate surface area is 80.8 Å². The SMILES string of the molecule is CC.COC#N.Cc1ccccc1. The van der Waals surface area contributed by atoms with Gasteiger partial charge in [0, 0.05) is 0 Å².